The second-order valence-corrected chi connectivity index (χ2v) is 3.63. The Morgan fingerprint density at radius 2 is 1.75 bits per heavy atom. The van der Waals surface area contributed by atoms with Crippen LogP contribution in [0.4, 0.5) is 0 Å². The van der Waals surface area contributed by atoms with Crippen LogP contribution >= 0.6 is 0 Å². The van der Waals surface area contributed by atoms with Gasteiger partial charge in [-0.25, -0.2) is 0 Å². The molecule has 2 N–H and O–H groups in total. The first-order chi connectivity index (χ1) is 7.80. The largest absolute Gasteiger partial charge is 0.494 e. The van der Waals surface area contributed by atoms with Crippen molar-refractivity contribution in [2.75, 3.05) is 13.2 Å². The number of benzene rings is 1. The van der Waals surface area contributed by atoms with Crippen molar-refractivity contribution in [1.82, 2.24) is 0 Å². The Hall–Kier alpha value is -1.22. The number of nitrogens with two attached hydrogens (primary N) is 1. The summed E-state index contributed by atoms with van der Waals surface area (Å²) in [6, 6.07) is 7.72. The maximum atomic E-state index is 5.80. The minimum absolute atomic E-state index is 0.211. The van der Waals surface area contributed by atoms with Crippen molar-refractivity contribution in [3.63, 3.8) is 0 Å². The van der Waals surface area contributed by atoms with E-state index in [-0.39, 0.29) is 6.10 Å². The zero-order valence-corrected chi connectivity index (χ0v) is 10.1. The molecule has 0 heterocycles. The van der Waals surface area contributed by atoms with Crippen molar-refractivity contribution in [2.45, 2.75) is 32.8 Å². The number of ether oxygens (including phenoxy) is 2. The number of hydrogen-bond donors (Lipinski definition) is 1. The van der Waals surface area contributed by atoms with Gasteiger partial charge in [0.15, 0.2) is 0 Å². The Morgan fingerprint density at radius 1 is 1.12 bits per heavy atom. The zero-order chi connectivity index (χ0) is 11.8. The first-order valence-electron chi connectivity index (χ1n) is 5.89. The molecule has 0 spiro atoms. The van der Waals surface area contributed by atoms with Crippen LogP contribution in [0.1, 0.15) is 26.7 Å². The van der Waals surface area contributed by atoms with Gasteiger partial charge < -0.3 is 15.2 Å². The molecule has 0 radical (unpaired) electrons. The van der Waals surface area contributed by atoms with Crippen molar-refractivity contribution >= 4 is 0 Å². The van der Waals surface area contributed by atoms with Crippen LogP contribution in [0.5, 0.6) is 11.5 Å². The lowest BCUT2D eigenvalue weighted by atomic mass is 10.2. The molecule has 1 aromatic rings. The van der Waals surface area contributed by atoms with Gasteiger partial charge in [-0.05, 0) is 50.6 Å². The molecule has 0 fully saturated rings. The van der Waals surface area contributed by atoms with E-state index in [1.54, 1.807) is 0 Å². The van der Waals surface area contributed by atoms with E-state index < -0.39 is 0 Å². The number of hydrogen-bond acceptors (Lipinski definition) is 3. The lowest BCUT2D eigenvalue weighted by molar-refractivity contribution is 0.189. The number of rotatable bonds is 7. The highest BCUT2D eigenvalue weighted by Gasteiger charge is 2.06. The van der Waals surface area contributed by atoms with Crippen LogP contribution < -0.4 is 15.2 Å². The Kier molecular flexibility index (Phi) is 5.72. The van der Waals surface area contributed by atoms with Crippen LogP contribution in [-0.4, -0.2) is 19.3 Å². The van der Waals surface area contributed by atoms with E-state index in [1.165, 1.54) is 0 Å². The average Bonchev–Trinajstić information content (AvgIpc) is 2.31. The van der Waals surface area contributed by atoms with Gasteiger partial charge in [0.05, 0.1) is 12.7 Å². The molecule has 0 amide bonds. The third-order valence-electron chi connectivity index (χ3n) is 2.38. The Labute approximate surface area is 97.6 Å². The molecular weight excluding hydrogens is 202 g/mol. The van der Waals surface area contributed by atoms with Crippen LogP contribution in [0.25, 0.3) is 0 Å². The van der Waals surface area contributed by atoms with Crippen LogP contribution in [0, 0.1) is 0 Å². The van der Waals surface area contributed by atoms with Gasteiger partial charge in [-0.2, -0.15) is 0 Å². The molecule has 0 aliphatic heterocycles. The van der Waals surface area contributed by atoms with Crippen molar-refractivity contribution in [2.24, 2.45) is 5.73 Å². The summed E-state index contributed by atoms with van der Waals surface area (Å²) in [5, 5.41) is 0. The Bertz CT molecular complexity index is 284. The highest BCUT2D eigenvalue weighted by atomic mass is 16.5. The van der Waals surface area contributed by atoms with Gasteiger partial charge in [0.1, 0.15) is 11.5 Å². The Balaban J connectivity index is 2.53. The van der Waals surface area contributed by atoms with E-state index in [4.69, 9.17) is 15.2 Å². The van der Waals surface area contributed by atoms with Crippen LogP contribution in [0.2, 0.25) is 0 Å². The van der Waals surface area contributed by atoms with Crippen LogP contribution in [0.15, 0.2) is 24.3 Å². The first-order valence-corrected chi connectivity index (χ1v) is 5.89. The molecule has 0 aliphatic rings. The molecule has 0 saturated carbocycles. The summed E-state index contributed by atoms with van der Waals surface area (Å²) in [5.41, 5.74) is 5.52. The van der Waals surface area contributed by atoms with Gasteiger partial charge in [0, 0.05) is 0 Å². The molecule has 3 nitrogen and oxygen atoms in total. The molecular formula is C13H21NO2. The smallest absolute Gasteiger partial charge is 0.119 e. The zero-order valence-electron chi connectivity index (χ0n) is 10.1. The predicted molar refractivity (Wildman–Crippen MR) is 66.0 cm³/mol. The maximum absolute atomic E-state index is 5.80. The van der Waals surface area contributed by atoms with Gasteiger partial charge in [-0.3, -0.25) is 0 Å². The lowest BCUT2D eigenvalue weighted by Gasteiger charge is -2.16. The summed E-state index contributed by atoms with van der Waals surface area (Å²) in [6.07, 6.45) is 2.08. The van der Waals surface area contributed by atoms with Crippen molar-refractivity contribution in [3.05, 3.63) is 24.3 Å². The summed E-state index contributed by atoms with van der Waals surface area (Å²) in [5.74, 6) is 1.76. The topological polar surface area (TPSA) is 44.5 Å². The minimum atomic E-state index is 0.211. The van der Waals surface area contributed by atoms with Crippen molar-refractivity contribution in [1.29, 1.82) is 0 Å². The fraction of sp³-hybridized carbons (Fsp3) is 0.538. The van der Waals surface area contributed by atoms with Gasteiger partial charge >= 0.3 is 0 Å². The molecule has 0 aromatic heterocycles. The van der Waals surface area contributed by atoms with Crippen molar-refractivity contribution < 1.29 is 9.47 Å². The summed E-state index contributed by atoms with van der Waals surface area (Å²) >= 11 is 0. The SMILES string of the molecule is CCOc1ccc(OC(CC)CCN)cc1. The molecule has 0 aliphatic carbocycles. The van der Waals surface area contributed by atoms with Gasteiger partial charge in [-0.15, -0.1) is 0 Å². The quantitative estimate of drug-likeness (QED) is 0.772. The molecule has 0 saturated heterocycles. The van der Waals surface area contributed by atoms with E-state index in [0.29, 0.717) is 13.2 Å². The van der Waals surface area contributed by atoms with Crippen molar-refractivity contribution in [3.8, 4) is 11.5 Å². The molecule has 1 aromatic carbocycles. The molecule has 16 heavy (non-hydrogen) atoms. The van der Waals surface area contributed by atoms with Gasteiger partial charge in [0.2, 0.25) is 0 Å². The normalized spacial score (nSPS) is 12.2. The molecule has 1 atom stereocenters. The molecule has 3 heteroatoms. The lowest BCUT2D eigenvalue weighted by Crippen LogP contribution is -2.19. The predicted octanol–water partition coefficient (Wildman–Crippen LogP) is 2.59. The standard InChI is InChI=1S/C13H21NO2/c1-3-11(9-10-14)16-13-7-5-12(6-8-13)15-4-2/h5-8,11H,3-4,9-10,14H2,1-2H3. The van der Waals surface area contributed by atoms with E-state index in [1.807, 2.05) is 31.2 Å². The fourth-order valence-electron chi connectivity index (χ4n) is 1.51. The third-order valence-corrected chi connectivity index (χ3v) is 2.38. The summed E-state index contributed by atoms with van der Waals surface area (Å²) in [6.45, 7) is 5.42. The third kappa shape index (κ3) is 4.11. The summed E-state index contributed by atoms with van der Waals surface area (Å²) in [4.78, 5) is 0. The fourth-order valence-corrected chi connectivity index (χ4v) is 1.51. The summed E-state index contributed by atoms with van der Waals surface area (Å²) < 4.78 is 11.2. The van der Waals surface area contributed by atoms with Gasteiger partial charge in [-0.1, -0.05) is 6.92 Å². The molecule has 0 bridgehead atoms. The average molecular weight is 223 g/mol. The monoisotopic (exact) mass is 223 g/mol. The maximum Gasteiger partial charge on any atom is 0.119 e. The molecule has 1 unspecified atom stereocenters. The highest BCUT2D eigenvalue weighted by molar-refractivity contribution is 5.31. The highest BCUT2D eigenvalue weighted by Crippen LogP contribution is 2.19. The summed E-state index contributed by atoms with van der Waals surface area (Å²) in [7, 11) is 0. The van der Waals surface area contributed by atoms with E-state index in [0.717, 1.165) is 24.3 Å². The second kappa shape index (κ2) is 7.12. The van der Waals surface area contributed by atoms with E-state index in [2.05, 4.69) is 6.92 Å². The van der Waals surface area contributed by atoms with E-state index in [9.17, 15) is 0 Å². The van der Waals surface area contributed by atoms with Crippen LogP contribution in [-0.2, 0) is 0 Å². The second-order valence-electron chi connectivity index (χ2n) is 3.63. The van der Waals surface area contributed by atoms with E-state index >= 15 is 0 Å². The molecule has 1 rings (SSSR count). The van der Waals surface area contributed by atoms with Crippen LogP contribution in [0.3, 0.4) is 0 Å². The Morgan fingerprint density at radius 3 is 2.25 bits per heavy atom. The molecule has 90 valence electrons. The minimum Gasteiger partial charge on any atom is -0.494 e. The van der Waals surface area contributed by atoms with Gasteiger partial charge in [0.25, 0.3) is 0 Å². The first kappa shape index (κ1) is 12.8.